The molecule has 100 valence electrons. The Labute approximate surface area is 107 Å². The van der Waals surface area contributed by atoms with E-state index in [2.05, 4.69) is 0 Å². The number of aromatic hydroxyl groups is 1. The molecule has 5 nitrogen and oxygen atoms in total. The van der Waals surface area contributed by atoms with E-state index in [1.54, 1.807) is 31.1 Å². The summed E-state index contributed by atoms with van der Waals surface area (Å²) in [6.07, 6.45) is 0.977. The van der Waals surface area contributed by atoms with Crippen molar-refractivity contribution in [2.24, 2.45) is 0 Å². The van der Waals surface area contributed by atoms with Crippen LogP contribution in [0.1, 0.15) is 18.9 Å². The fourth-order valence-corrected chi connectivity index (χ4v) is 1.57. The molecule has 0 saturated heterocycles. The van der Waals surface area contributed by atoms with E-state index in [4.69, 9.17) is 10.5 Å². The zero-order chi connectivity index (χ0) is 13.7. The van der Waals surface area contributed by atoms with Crippen LogP contribution >= 0.6 is 0 Å². The van der Waals surface area contributed by atoms with Crippen molar-refractivity contribution in [1.82, 2.24) is 4.90 Å². The number of ether oxygens (including phenoxy) is 1. The Morgan fingerprint density at radius 3 is 2.67 bits per heavy atom. The summed E-state index contributed by atoms with van der Waals surface area (Å²) in [7, 11) is 3.44. The van der Waals surface area contributed by atoms with Gasteiger partial charge >= 0.3 is 0 Å². The molecular formula is C13H20N2O3. The maximum atomic E-state index is 11.5. The van der Waals surface area contributed by atoms with Crippen molar-refractivity contribution in [3.63, 3.8) is 0 Å². The van der Waals surface area contributed by atoms with Crippen LogP contribution in [0.2, 0.25) is 0 Å². The maximum absolute atomic E-state index is 11.5. The minimum atomic E-state index is -0.0421. The maximum Gasteiger partial charge on any atom is 0.222 e. The quantitative estimate of drug-likeness (QED) is 0.613. The summed E-state index contributed by atoms with van der Waals surface area (Å²) in [4.78, 5) is 13.0. The van der Waals surface area contributed by atoms with Gasteiger partial charge in [-0.15, -0.1) is 0 Å². The van der Waals surface area contributed by atoms with Crippen molar-refractivity contribution in [2.45, 2.75) is 19.8 Å². The predicted octanol–water partition coefficient (Wildman–Crippen LogP) is 1.39. The normalized spacial score (nSPS) is 10.2. The number of anilines is 1. The lowest BCUT2D eigenvalue weighted by Gasteiger charge is -2.12. The highest BCUT2D eigenvalue weighted by atomic mass is 16.5. The summed E-state index contributed by atoms with van der Waals surface area (Å²) in [6, 6.07) is 3.39. The number of nitrogens with two attached hydrogens (primary N) is 1. The number of phenols is 1. The van der Waals surface area contributed by atoms with Crippen LogP contribution in [0.4, 0.5) is 5.69 Å². The van der Waals surface area contributed by atoms with Crippen LogP contribution in [0.25, 0.3) is 0 Å². The van der Waals surface area contributed by atoms with Gasteiger partial charge in [0.15, 0.2) is 11.5 Å². The lowest BCUT2D eigenvalue weighted by Crippen LogP contribution is -2.21. The highest BCUT2D eigenvalue weighted by Crippen LogP contribution is 2.34. The van der Waals surface area contributed by atoms with Crippen LogP contribution < -0.4 is 10.5 Å². The number of carbonyl (C=O) groups is 1. The lowest BCUT2D eigenvalue weighted by molar-refractivity contribution is -0.128. The topological polar surface area (TPSA) is 75.8 Å². The van der Waals surface area contributed by atoms with Crippen molar-refractivity contribution < 1.29 is 14.6 Å². The first-order valence-electron chi connectivity index (χ1n) is 5.90. The van der Waals surface area contributed by atoms with E-state index in [0.29, 0.717) is 25.2 Å². The number of hydrogen-bond acceptors (Lipinski definition) is 4. The van der Waals surface area contributed by atoms with Crippen LogP contribution in [-0.2, 0) is 11.2 Å². The third-order valence-corrected chi connectivity index (χ3v) is 2.59. The zero-order valence-corrected chi connectivity index (χ0v) is 11.1. The molecule has 1 aromatic carbocycles. The average Bonchev–Trinajstić information content (AvgIpc) is 2.32. The third kappa shape index (κ3) is 3.55. The first-order chi connectivity index (χ1) is 8.45. The molecule has 0 aliphatic rings. The Balaban J connectivity index is 2.80. The molecule has 0 radical (unpaired) electrons. The van der Waals surface area contributed by atoms with Crippen molar-refractivity contribution in [2.75, 3.05) is 26.4 Å². The number of nitrogens with zero attached hydrogens (tertiary/aromatic N) is 1. The molecule has 0 unspecified atom stereocenters. The van der Waals surface area contributed by atoms with E-state index < -0.39 is 0 Å². The van der Waals surface area contributed by atoms with Gasteiger partial charge in [-0.2, -0.15) is 0 Å². The molecule has 1 amide bonds. The number of hydrogen-bond donors (Lipinski definition) is 2. The molecule has 0 fully saturated rings. The molecule has 5 heteroatoms. The summed E-state index contributed by atoms with van der Waals surface area (Å²) in [6.45, 7) is 2.28. The van der Waals surface area contributed by atoms with Gasteiger partial charge in [0.25, 0.3) is 0 Å². The fourth-order valence-electron chi connectivity index (χ4n) is 1.57. The van der Waals surface area contributed by atoms with Crippen molar-refractivity contribution in [3.05, 3.63) is 17.7 Å². The van der Waals surface area contributed by atoms with Gasteiger partial charge < -0.3 is 20.5 Å². The van der Waals surface area contributed by atoms with E-state index in [-0.39, 0.29) is 17.3 Å². The molecule has 0 heterocycles. The summed E-state index contributed by atoms with van der Waals surface area (Å²) in [5.74, 6) is 0.379. The summed E-state index contributed by atoms with van der Waals surface area (Å²) < 4.78 is 5.29. The first-order valence-corrected chi connectivity index (χ1v) is 5.90. The minimum Gasteiger partial charge on any atom is -0.503 e. The molecule has 0 bridgehead atoms. The summed E-state index contributed by atoms with van der Waals surface area (Å²) in [5, 5.41) is 9.69. The van der Waals surface area contributed by atoms with E-state index in [1.807, 2.05) is 6.92 Å². The minimum absolute atomic E-state index is 0.0421. The molecule has 0 spiro atoms. The monoisotopic (exact) mass is 252 g/mol. The van der Waals surface area contributed by atoms with E-state index in [0.717, 1.165) is 5.56 Å². The van der Waals surface area contributed by atoms with Crippen molar-refractivity contribution in [3.8, 4) is 11.5 Å². The highest BCUT2D eigenvalue weighted by Gasteiger charge is 2.10. The average molecular weight is 252 g/mol. The van der Waals surface area contributed by atoms with Crippen LogP contribution in [0.3, 0.4) is 0 Å². The molecule has 1 aromatic rings. The highest BCUT2D eigenvalue weighted by molar-refractivity contribution is 5.76. The predicted molar refractivity (Wildman–Crippen MR) is 70.7 cm³/mol. The Bertz CT molecular complexity index is 430. The number of nitrogen functional groups attached to an aromatic ring is 1. The van der Waals surface area contributed by atoms with E-state index >= 15 is 0 Å². The van der Waals surface area contributed by atoms with Crippen molar-refractivity contribution in [1.29, 1.82) is 0 Å². The van der Waals surface area contributed by atoms with Gasteiger partial charge in [-0.1, -0.05) is 0 Å². The molecule has 18 heavy (non-hydrogen) atoms. The standard InChI is InChI=1S/C13H20N2O3/c1-4-18-11-8-9(7-10(14)13(11)17)5-6-12(16)15(2)3/h7-8,17H,4-6,14H2,1-3H3. The Kier molecular flexibility index (Phi) is 4.83. The van der Waals surface area contributed by atoms with Gasteiger partial charge in [0, 0.05) is 20.5 Å². The molecule has 0 aliphatic carbocycles. The molecule has 0 aliphatic heterocycles. The Morgan fingerprint density at radius 2 is 2.11 bits per heavy atom. The smallest absolute Gasteiger partial charge is 0.222 e. The van der Waals surface area contributed by atoms with Gasteiger partial charge in [0.1, 0.15) is 0 Å². The fraction of sp³-hybridized carbons (Fsp3) is 0.462. The van der Waals surface area contributed by atoms with E-state index in [9.17, 15) is 9.90 Å². The van der Waals surface area contributed by atoms with Crippen LogP contribution in [0.5, 0.6) is 11.5 Å². The number of amides is 1. The van der Waals surface area contributed by atoms with Gasteiger partial charge in [-0.25, -0.2) is 0 Å². The van der Waals surface area contributed by atoms with Crippen molar-refractivity contribution >= 4 is 11.6 Å². The van der Waals surface area contributed by atoms with Gasteiger partial charge in [-0.05, 0) is 31.0 Å². The molecule has 1 rings (SSSR count). The third-order valence-electron chi connectivity index (χ3n) is 2.59. The number of carbonyl (C=O) groups excluding carboxylic acids is 1. The van der Waals surface area contributed by atoms with Crippen LogP contribution in [-0.4, -0.2) is 36.6 Å². The second-order valence-electron chi connectivity index (χ2n) is 4.25. The lowest BCUT2D eigenvalue weighted by atomic mass is 10.1. The van der Waals surface area contributed by atoms with Gasteiger partial charge in [0.05, 0.1) is 12.3 Å². The number of phenolic OH excluding ortho intramolecular Hbond substituents is 1. The Morgan fingerprint density at radius 1 is 1.44 bits per heavy atom. The van der Waals surface area contributed by atoms with E-state index in [1.165, 1.54) is 0 Å². The number of benzene rings is 1. The summed E-state index contributed by atoms with van der Waals surface area (Å²) >= 11 is 0. The number of rotatable bonds is 5. The molecule has 0 saturated carbocycles. The second kappa shape index (κ2) is 6.14. The molecule has 0 atom stereocenters. The number of aryl methyl sites for hydroxylation is 1. The Hall–Kier alpha value is -1.91. The molecule has 3 N–H and O–H groups in total. The second-order valence-corrected chi connectivity index (χ2v) is 4.25. The summed E-state index contributed by atoms with van der Waals surface area (Å²) in [5.41, 5.74) is 6.84. The SMILES string of the molecule is CCOc1cc(CCC(=O)N(C)C)cc(N)c1O. The van der Waals surface area contributed by atoms with Crippen LogP contribution in [0, 0.1) is 0 Å². The first kappa shape index (κ1) is 14.2. The largest absolute Gasteiger partial charge is 0.503 e. The van der Waals surface area contributed by atoms with Gasteiger partial charge in [-0.3, -0.25) is 4.79 Å². The molecule has 0 aromatic heterocycles. The zero-order valence-electron chi connectivity index (χ0n) is 11.1. The van der Waals surface area contributed by atoms with Crippen LogP contribution in [0.15, 0.2) is 12.1 Å². The molecular weight excluding hydrogens is 232 g/mol. The van der Waals surface area contributed by atoms with Gasteiger partial charge in [0.2, 0.25) is 5.91 Å².